The van der Waals surface area contributed by atoms with Crippen molar-refractivity contribution in [2.45, 2.75) is 6.92 Å². The van der Waals surface area contributed by atoms with Crippen molar-refractivity contribution in [3.63, 3.8) is 0 Å². The number of nitrogens with two attached hydrogens (primary N) is 1. The molecule has 1 aromatic heterocycles. The summed E-state index contributed by atoms with van der Waals surface area (Å²) in [7, 11) is 0. The van der Waals surface area contributed by atoms with Gasteiger partial charge in [0.1, 0.15) is 0 Å². The minimum atomic E-state index is -0.449. The maximum Gasteiger partial charge on any atom is 0.248 e. The molecule has 29 heavy (non-hydrogen) atoms. The van der Waals surface area contributed by atoms with Crippen LogP contribution in [0.5, 0.6) is 0 Å². The van der Waals surface area contributed by atoms with Crippen molar-refractivity contribution in [1.29, 1.82) is 0 Å². The van der Waals surface area contributed by atoms with Gasteiger partial charge in [0.05, 0.1) is 5.69 Å². The molecule has 0 spiro atoms. The van der Waals surface area contributed by atoms with Gasteiger partial charge in [0.25, 0.3) is 0 Å². The molecule has 3 aromatic carbocycles. The van der Waals surface area contributed by atoms with Gasteiger partial charge in [-0.1, -0.05) is 54.6 Å². The molecule has 0 aliphatic heterocycles. The molecule has 4 aromatic rings. The number of hydrogen-bond acceptors (Lipinski definition) is 4. The number of amides is 1. The van der Waals surface area contributed by atoms with Crippen LogP contribution in [0.15, 0.2) is 85.1 Å². The summed E-state index contributed by atoms with van der Waals surface area (Å²) in [6, 6.07) is 25.4. The fraction of sp³-hybridized carbons (Fsp3) is 0.0417. The summed E-state index contributed by atoms with van der Waals surface area (Å²) < 4.78 is 0. The van der Waals surface area contributed by atoms with Crippen molar-refractivity contribution in [1.82, 2.24) is 9.97 Å². The van der Waals surface area contributed by atoms with E-state index in [0.717, 1.165) is 33.6 Å². The highest BCUT2D eigenvalue weighted by Gasteiger charge is 2.07. The number of nitrogens with zero attached hydrogens (tertiary/aromatic N) is 2. The molecule has 0 aliphatic carbocycles. The lowest BCUT2D eigenvalue weighted by molar-refractivity contribution is 0.100. The highest BCUT2D eigenvalue weighted by atomic mass is 16.1. The number of nitrogens with one attached hydrogen (secondary N) is 1. The molecule has 0 saturated heterocycles. The van der Waals surface area contributed by atoms with Gasteiger partial charge in [0, 0.05) is 23.0 Å². The molecule has 3 N–H and O–H groups in total. The predicted molar refractivity (Wildman–Crippen MR) is 116 cm³/mol. The summed E-state index contributed by atoms with van der Waals surface area (Å²) in [6.45, 7) is 2.05. The smallest absolute Gasteiger partial charge is 0.248 e. The molecule has 0 aliphatic rings. The number of rotatable bonds is 5. The van der Waals surface area contributed by atoms with E-state index >= 15 is 0 Å². The number of carbonyl (C=O) groups excluding carboxylic acids is 1. The molecule has 1 heterocycles. The molecule has 0 radical (unpaired) electrons. The second kappa shape index (κ2) is 7.94. The van der Waals surface area contributed by atoms with Gasteiger partial charge in [0.15, 0.2) is 0 Å². The Balaban J connectivity index is 1.62. The monoisotopic (exact) mass is 380 g/mol. The second-order valence-corrected chi connectivity index (χ2v) is 6.73. The average Bonchev–Trinajstić information content (AvgIpc) is 2.76. The molecular weight excluding hydrogens is 360 g/mol. The minimum Gasteiger partial charge on any atom is -0.366 e. The van der Waals surface area contributed by atoms with Gasteiger partial charge in [-0.15, -0.1) is 0 Å². The van der Waals surface area contributed by atoms with Crippen LogP contribution < -0.4 is 11.1 Å². The first-order valence-corrected chi connectivity index (χ1v) is 9.26. The quantitative estimate of drug-likeness (QED) is 0.513. The zero-order valence-corrected chi connectivity index (χ0v) is 16.0. The summed E-state index contributed by atoms with van der Waals surface area (Å²) in [5.41, 5.74) is 11.7. The van der Waals surface area contributed by atoms with Gasteiger partial charge in [-0.3, -0.25) is 4.79 Å². The summed E-state index contributed by atoms with van der Waals surface area (Å²) in [6.07, 6.45) is 1.71. The van der Waals surface area contributed by atoms with E-state index in [0.29, 0.717) is 11.5 Å². The fourth-order valence-corrected chi connectivity index (χ4v) is 3.07. The Morgan fingerprint density at radius 3 is 2.31 bits per heavy atom. The van der Waals surface area contributed by atoms with Gasteiger partial charge < -0.3 is 11.1 Å². The number of anilines is 2. The molecule has 0 saturated carbocycles. The number of benzene rings is 3. The van der Waals surface area contributed by atoms with Crippen LogP contribution >= 0.6 is 0 Å². The minimum absolute atomic E-state index is 0.449. The van der Waals surface area contributed by atoms with E-state index in [1.807, 2.05) is 43.3 Å². The topological polar surface area (TPSA) is 80.9 Å². The van der Waals surface area contributed by atoms with E-state index in [4.69, 9.17) is 5.73 Å². The first-order chi connectivity index (χ1) is 14.1. The van der Waals surface area contributed by atoms with E-state index in [2.05, 4.69) is 45.6 Å². The Labute approximate surface area is 169 Å². The largest absolute Gasteiger partial charge is 0.366 e. The van der Waals surface area contributed by atoms with Gasteiger partial charge in [0.2, 0.25) is 11.9 Å². The zero-order valence-electron chi connectivity index (χ0n) is 16.0. The van der Waals surface area contributed by atoms with Gasteiger partial charge in [-0.25, -0.2) is 9.97 Å². The molecule has 1 amide bonds. The normalized spacial score (nSPS) is 10.5. The van der Waals surface area contributed by atoms with Gasteiger partial charge >= 0.3 is 0 Å². The molecule has 0 atom stereocenters. The maximum absolute atomic E-state index is 11.3. The summed E-state index contributed by atoms with van der Waals surface area (Å²) >= 11 is 0. The van der Waals surface area contributed by atoms with E-state index in [-0.39, 0.29) is 0 Å². The van der Waals surface area contributed by atoms with Crippen molar-refractivity contribution in [2.75, 3.05) is 5.32 Å². The highest BCUT2D eigenvalue weighted by Crippen LogP contribution is 2.27. The second-order valence-electron chi connectivity index (χ2n) is 6.73. The molecule has 0 unspecified atom stereocenters. The molecule has 0 bridgehead atoms. The van der Waals surface area contributed by atoms with E-state index in [9.17, 15) is 4.79 Å². The summed E-state index contributed by atoms with van der Waals surface area (Å²) in [5, 5.41) is 3.33. The Morgan fingerprint density at radius 2 is 1.59 bits per heavy atom. The van der Waals surface area contributed by atoms with Crippen LogP contribution in [0.4, 0.5) is 11.6 Å². The molecule has 142 valence electrons. The fourth-order valence-electron chi connectivity index (χ4n) is 3.07. The van der Waals surface area contributed by atoms with E-state index in [1.165, 1.54) is 0 Å². The Morgan fingerprint density at radius 1 is 0.862 bits per heavy atom. The number of carbonyl (C=O) groups is 1. The SMILES string of the molecule is Cc1ccc(-c2ccccc2)cc1Nc1nccc(-c2ccc(C(N)=O)cc2)n1. The van der Waals surface area contributed by atoms with Crippen LogP contribution in [0.2, 0.25) is 0 Å². The molecule has 0 fully saturated rings. The first-order valence-electron chi connectivity index (χ1n) is 9.26. The van der Waals surface area contributed by atoms with Crippen molar-refractivity contribution in [2.24, 2.45) is 5.73 Å². The Kier molecular flexibility index (Phi) is 5.03. The lowest BCUT2D eigenvalue weighted by atomic mass is 10.0. The molecule has 4 rings (SSSR count). The number of aryl methyl sites for hydroxylation is 1. The lowest BCUT2D eigenvalue weighted by Gasteiger charge is -2.11. The van der Waals surface area contributed by atoms with Crippen molar-refractivity contribution in [3.05, 3.63) is 96.2 Å². The third kappa shape index (κ3) is 4.14. The third-order valence-electron chi connectivity index (χ3n) is 4.71. The predicted octanol–water partition coefficient (Wildman–Crippen LogP) is 4.96. The van der Waals surface area contributed by atoms with E-state index in [1.54, 1.807) is 18.3 Å². The van der Waals surface area contributed by atoms with Crippen LogP contribution in [0.3, 0.4) is 0 Å². The van der Waals surface area contributed by atoms with Crippen LogP contribution in [-0.4, -0.2) is 15.9 Å². The molecule has 5 nitrogen and oxygen atoms in total. The van der Waals surface area contributed by atoms with Crippen LogP contribution in [0.25, 0.3) is 22.4 Å². The van der Waals surface area contributed by atoms with Gasteiger partial charge in [-0.05, 0) is 47.9 Å². The standard InChI is InChI=1S/C24H20N4O/c1-16-7-8-20(17-5-3-2-4-6-17)15-22(16)28-24-26-14-13-21(27-24)18-9-11-19(12-10-18)23(25)29/h2-15H,1H3,(H2,25,29)(H,26,27,28). The van der Waals surface area contributed by atoms with Crippen LogP contribution in [0.1, 0.15) is 15.9 Å². The summed E-state index contributed by atoms with van der Waals surface area (Å²) in [5.74, 6) is 0.0603. The lowest BCUT2D eigenvalue weighted by Crippen LogP contribution is -2.10. The summed E-state index contributed by atoms with van der Waals surface area (Å²) in [4.78, 5) is 20.2. The van der Waals surface area contributed by atoms with Crippen LogP contribution in [0, 0.1) is 6.92 Å². The number of primary amides is 1. The Hall–Kier alpha value is -3.99. The number of hydrogen-bond donors (Lipinski definition) is 2. The highest BCUT2D eigenvalue weighted by molar-refractivity contribution is 5.93. The number of aromatic nitrogens is 2. The van der Waals surface area contributed by atoms with E-state index < -0.39 is 5.91 Å². The third-order valence-corrected chi connectivity index (χ3v) is 4.71. The molecule has 5 heteroatoms. The van der Waals surface area contributed by atoms with Crippen molar-refractivity contribution in [3.8, 4) is 22.4 Å². The van der Waals surface area contributed by atoms with Crippen molar-refractivity contribution < 1.29 is 4.79 Å². The zero-order chi connectivity index (χ0) is 20.2. The maximum atomic E-state index is 11.3. The van der Waals surface area contributed by atoms with Crippen LogP contribution in [-0.2, 0) is 0 Å². The van der Waals surface area contributed by atoms with Gasteiger partial charge in [-0.2, -0.15) is 0 Å². The Bertz CT molecular complexity index is 1160. The molecular formula is C24H20N4O. The average molecular weight is 380 g/mol. The first kappa shape index (κ1) is 18.4. The van der Waals surface area contributed by atoms with Crippen molar-refractivity contribution >= 4 is 17.5 Å².